The van der Waals surface area contributed by atoms with Crippen LogP contribution in [0.4, 0.5) is 0 Å². The lowest BCUT2D eigenvalue weighted by molar-refractivity contribution is 0.0699. The lowest BCUT2D eigenvalue weighted by Crippen LogP contribution is -2.00. The smallest absolute Gasteiger partial charge is 0.338 e. The lowest BCUT2D eigenvalue weighted by atomic mass is 10.1. The Hall–Kier alpha value is -3.09. The molecule has 1 N–H and O–H groups in total. The predicted octanol–water partition coefficient (Wildman–Crippen LogP) is 6.42. The summed E-state index contributed by atoms with van der Waals surface area (Å²) in [5.74, 6) is 0.355. The molecule has 0 bridgehead atoms. The third kappa shape index (κ3) is 4.81. The first-order valence-corrected chi connectivity index (χ1v) is 10.9. The van der Waals surface area contributed by atoms with Crippen molar-refractivity contribution in [2.24, 2.45) is 0 Å². The van der Waals surface area contributed by atoms with Gasteiger partial charge < -0.3 is 14.6 Å². The Morgan fingerprint density at radius 2 is 1.71 bits per heavy atom. The number of ether oxygens (including phenoxy) is 2. The molecule has 2 aromatic heterocycles. The number of carbonyl (C=O) groups is 1. The van der Waals surface area contributed by atoms with E-state index in [2.05, 4.69) is 24.0 Å². The van der Waals surface area contributed by atoms with Gasteiger partial charge in [0.15, 0.2) is 0 Å². The highest BCUT2D eigenvalue weighted by atomic mass is 35.5. The van der Waals surface area contributed by atoms with Crippen LogP contribution >= 0.6 is 22.9 Å². The van der Waals surface area contributed by atoms with Crippen LogP contribution in [-0.4, -0.2) is 16.1 Å². The van der Waals surface area contributed by atoms with Gasteiger partial charge >= 0.3 is 5.97 Å². The highest BCUT2D eigenvalue weighted by Crippen LogP contribution is 2.34. The van der Waals surface area contributed by atoms with E-state index in [0.29, 0.717) is 22.4 Å². The zero-order valence-corrected chi connectivity index (χ0v) is 18.6. The van der Waals surface area contributed by atoms with Gasteiger partial charge in [-0.25, -0.2) is 9.78 Å². The first-order valence-electron chi connectivity index (χ1n) is 9.61. The van der Waals surface area contributed by atoms with Crippen molar-refractivity contribution < 1.29 is 19.4 Å². The van der Waals surface area contributed by atoms with Crippen molar-refractivity contribution >= 4 is 39.0 Å². The number of pyridine rings is 1. The van der Waals surface area contributed by atoms with Crippen molar-refractivity contribution in [3.8, 4) is 11.5 Å². The topological polar surface area (TPSA) is 68.7 Å². The molecule has 2 aromatic carbocycles. The van der Waals surface area contributed by atoms with E-state index in [1.807, 2.05) is 42.6 Å². The third-order valence-electron chi connectivity index (χ3n) is 4.80. The quantitative estimate of drug-likeness (QED) is 0.327. The molecule has 0 unspecified atom stereocenters. The zero-order valence-electron chi connectivity index (χ0n) is 17.0. The number of carboxylic acids is 1. The Balaban J connectivity index is 1.50. The van der Waals surface area contributed by atoms with E-state index < -0.39 is 5.97 Å². The second-order valence-electron chi connectivity index (χ2n) is 7.28. The van der Waals surface area contributed by atoms with Gasteiger partial charge in [-0.2, -0.15) is 0 Å². The lowest BCUT2D eigenvalue weighted by Gasteiger charge is -2.11. The molecule has 0 fully saturated rings. The number of aromatic nitrogens is 1. The predicted molar refractivity (Wildman–Crippen MR) is 123 cm³/mol. The fraction of sp³-hybridized carbons (Fsp3) is 0.167. The molecular weight excluding hydrogens is 434 g/mol. The summed E-state index contributed by atoms with van der Waals surface area (Å²) in [7, 11) is 0. The van der Waals surface area contributed by atoms with Crippen molar-refractivity contribution in [3.63, 3.8) is 0 Å². The number of aryl methyl sites for hydroxylation is 2. The van der Waals surface area contributed by atoms with Crippen LogP contribution in [0.5, 0.6) is 11.5 Å². The van der Waals surface area contributed by atoms with Gasteiger partial charge in [-0.3, -0.25) is 0 Å². The number of aromatic carboxylic acids is 1. The van der Waals surface area contributed by atoms with Gasteiger partial charge in [-0.1, -0.05) is 41.4 Å². The second-order valence-corrected chi connectivity index (χ2v) is 8.52. The monoisotopic (exact) mass is 453 g/mol. The molecule has 4 rings (SSSR count). The zero-order chi connectivity index (χ0) is 22.0. The Labute approximate surface area is 188 Å². The van der Waals surface area contributed by atoms with Gasteiger partial charge in [0.05, 0.1) is 10.3 Å². The second kappa shape index (κ2) is 8.96. The molecule has 2 heterocycles. The number of fused-ring (bicyclic) bond motifs is 1. The highest BCUT2D eigenvalue weighted by Gasteiger charge is 2.17. The molecule has 0 aliphatic heterocycles. The largest absolute Gasteiger partial charge is 0.489 e. The summed E-state index contributed by atoms with van der Waals surface area (Å²) in [5.41, 5.74) is 4.25. The summed E-state index contributed by atoms with van der Waals surface area (Å²) in [6, 6.07) is 13.9. The summed E-state index contributed by atoms with van der Waals surface area (Å²) in [4.78, 5) is 15.5. The number of halogens is 1. The summed E-state index contributed by atoms with van der Waals surface area (Å²) in [6.07, 6.45) is 1.28. The van der Waals surface area contributed by atoms with Gasteiger partial charge in [-0.15, -0.1) is 11.3 Å². The van der Waals surface area contributed by atoms with E-state index in [1.54, 1.807) is 0 Å². The maximum atomic E-state index is 11.4. The Kier molecular flexibility index (Phi) is 6.11. The van der Waals surface area contributed by atoms with Gasteiger partial charge in [0.25, 0.3) is 0 Å². The molecule has 4 aromatic rings. The van der Waals surface area contributed by atoms with Gasteiger partial charge in [0.1, 0.15) is 29.9 Å². The number of benzene rings is 2. The van der Waals surface area contributed by atoms with Crippen LogP contribution in [0, 0.1) is 13.8 Å². The molecule has 0 aliphatic carbocycles. The molecule has 0 saturated heterocycles. The van der Waals surface area contributed by atoms with E-state index in [4.69, 9.17) is 21.1 Å². The van der Waals surface area contributed by atoms with E-state index in [0.717, 1.165) is 22.4 Å². The van der Waals surface area contributed by atoms with Gasteiger partial charge in [0.2, 0.25) is 0 Å². The maximum Gasteiger partial charge on any atom is 0.338 e. The van der Waals surface area contributed by atoms with Crippen molar-refractivity contribution in [2.45, 2.75) is 27.1 Å². The fourth-order valence-corrected chi connectivity index (χ4v) is 4.59. The molecule has 0 radical (unpaired) electrons. The molecule has 158 valence electrons. The van der Waals surface area contributed by atoms with Crippen molar-refractivity contribution in [1.29, 1.82) is 0 Å². The van der Waals surface area contributed by atoms with Crippen molar-refractivity contribution in [1.82, 2.24) is 4.98 Å². The standard InChI is InChI=1S/C24H20ClNO4S/c1-14-3-5-16(6-4-14)11-29-18-7-15(2)8-19(9-18)30-12-17-13-31-22-20(24(27)28)10-26-23(25)21(17)22/h3-10,13H,11-12H2,1-2H3,(H,27,28). The van der Waals surface area contributed by atoms with Crippen LogP contribution in [0.3, 0.4) is 0 Å². The summed E-state index contributed by atoms with van der Waals surface area (Å²) in [6.45, 7) is 4.74. The minimum atomic E-state index is -1.03. The van der Waals surface area contributed by atoms with E-state index in [-0.39, 0.29) is 17.3 Å². The fourth-order valence-electron chi connectivity index (χ4n) is 3.21. The Morgan fingerprint density at radius 1 is 1.03 bits per heavy atom. The van der Waals surface area contributed by atoms with Crippen LogP contribution in [0.2, 0.25) is 5.15 Å². The SMILES string of the molecule is Cc1ccc(COc2cc(C)cc(OCc3csc4c(C(=O)O)cnc(Cl)c34)c2)cc1. The first kappa shape index (κ1) is 21.2. The maximum absolute atomic E-state index is 11.4. The van der Waals surface area contributed by atoms with Crippen molar-refractivity contribution in [3.05, 3.63) is 87.0 Å². The van der Waals surface area contributed by atoms with Crippen LogP contribution < -0.4 is 9.47 Å². The van der Waals surface area contributed by atoms with Crippen LogP contribution in [0.1, 0.15) is 32.6 Å². The highest BCUT2D eigenvalue weighted by molar-refractivity contribution is 7.17. The van der Waals surface area contributed by atoms with Gasteiger partial charge in [-0.05, 0) is 42.5 Å². The molecule has 31 heavy (non-hydrogen) atoms. The number of carboxylic acid groups (broad SMARTS) is 1. The molecule has 0 atom stereocenters. The molecule has 0 saturated carbocycles. The average Bonchev–Trinajstić information content (AvgIpc) is 3.16. The Morgan fingerprint density at radius 3 is 2.39 bits per heavy atom. The summed E-state index contributed by atoms with van der Waals surface area (Å²) < 4.78 is 12.5. The number of rotatable bonds is 7. The summed E-state index contributed by atoms with van der Waals surface area (Å²) in [5, 5.41) is 12.1. The minimum Gasteiger partial charge on any atom is -0.489 e. The molecule has 0 amide bonds. The summed E-state index contributed by atoms with van der Waals surface area (Å²) >= 11 is 7.57. The van der Waals surface area contributed by atoms with Crippen LogP contribution in [-0.2, 0) is 13.2 Å². The normalized spacial score (nSPS) is 10.9. The average molecular weight is 454 g/mol. The number of hydrogen-bond donors (Lipinski definition) is 1. The van der Waals surface area contributed by atoms with Crippen LogP contribution in [0.15, 0.2) is 54.0 Å². The van der Waals surface area contributed by atoms with Crippen molar-refractivity contribution in [2.75, 3.05) is 0 Å². The molecule has 7 heteroatoms. The molecular formula is C24H20ClNO4S. The van der Waals surface area contributed by atoms with E-state index >= 15 is 0 Å². The van der Waals surface area contributed by atoms with Crippen LogP contribution in [0.25, 0.3) is 10.1 Å². The van der Waals surface area contributed by atoms with E-state index in [9.17, 15) is 9.90 Å². The number of hydrogen-bond acceptors (Lipinski definition) is 5. The Bertz CT molecular complexity index is 1250. The molecule has 0 spiro atoms. The third-order valence-corrected chi connectivity index (χ3v) is 6.15. The number of thiophene rings is 1. The minimum absolute atomic E-state index is 0.137. The molecule has 5 nitrogen and oxygen atoms in total. The first-order chi connectivity index (χ1) is 14.9. The number of nitrogens with zero attached hydrogens (tertiary/aromatic N) is 1. The molecule has 0 aliphatic rings. The van der Waals surface area contributed by atoms with E-state index in [1.165, 1.54) is 23.1 Å². The van der Waals surface area contributed by atoms with Gasteiger partial charge in [0, 0.05) is 23.2 Å².